The largest absolute Gasteiger partial charge is 0.396 e. The van der Waals surface area contributed by atoms with Crippen LogP contribution in [0.2, 0.25) is 10.0 Å². The van der Waals surface area contributed by atoms with Gasteiger partial charge in [0.2, 0.25) is 0 Å². The number of nitrogens with one attached hydrogen (secondary N) is 1. The molecule has 1 aromatic rings. The molecule has 0 aromatic heterocycles. The third-order valence-electron chi connectivity index (χ3n) is 3.94. The van der Waals surface area contributed by atoms with Crippen molar-refractivity contribution in [3.05, 3.63) is 33.8 Å². The fourth-order valence-electron chi connectivity index (χ4n) is 2.87. The summed E-state index contributed by atoms with van der Waals surface area (Å²) in [6, 6.07) is 5.79. The second kappa shape index (κ2) is 8.00. The Labute approximate surface area is 143 Å². The van der Waals surface area contributed by atoms with E-state index in [0.29, 0.717) is 10.0 Å². The number of rotatable bonds is 4. The van der Waals surface area contributed by atoms with Gasteiger partial charge in [-0.2, -0.15) is 0 Å². The molecular weight excluding hydrogens is 331 g/mol. The highest BCUT2D eigenvalue weighted by Crippen LogP contribution is 2.42. The highest BCUT2D eigenvalue weighted by Gasteiger charge is 2.37. The summed E-state index contributed by atoms with van der Waals surface area (Å²) in [6.07, 6.45) is 0. The lowest BCUT2D eigenvalue weighted by Crippen LogP contribution is -2.49. The van der Waals surface area contributed by atoms with Crippen molar-refractivity contribution in [1.29, 1.82) is 0 Å². The predicted octanol–water partition coefficient (Wildman–Crippen LogP) is 3.38. The summed E-state index contributed by atoms with van der Waals surface area (Å²) < 4.78 is 0. The Bertz CT molecular complexity index is 462. The Balaban J connectivity index is 0.00000220. The van der Waals surface area contributed by atoms with Crippen LogP contribution in [0.25, 0.3) is 0 Å². The van der Waals surface area contributed by atoms with Crippen LogP contribution in [0.15, 0.2) is 18.2 Å². The van der Waals surface area contributed by atoms with Crippen molar-refractivity contribution in [2.75, 3.05) is 32.8 Å². The maximum absolute atomic E-state index is 9.80. The van der Waals surface area contributed by atoms with E-state index in [1.54, 1.807) is 6.07 Å². The van der Waals surface area contributed by atoms with Gasteiger partial charge >= 0.3 is 0 Å². The lowest BCUT2D eigenvalue weighted by Gasteiger charge is -2.43. The summed E-state index contributed by atoms with van der Waals surface area (Å²) >= 11 is 12.6. The van der Waals surface area contributed by atoms with E-state index >= 15 is 0 Å². The van der Waals surface area contributed by atoms with Crippen molar-refractivity contribution < 1.29 is 5.11 Å². The number of halogens is 3. The Morgan fingerprint density at radius 2 is 1.90 bits per heavy atom. The van der Waals surface area contributed by atoms with Crippen molar-refractivity contribution in [2.24, 2.45) is 5.41 Å². The molecule has 1 atom stereocenters. The SMILES string of the molecule is CC(C)(CO)[C@@H](c1cccc(Cl)c1Cl)N1CCNCC1.Cl. The van der Waals surface area contributed by atoms with Gasteiger partial charge in [-0.05, 0) is 11.6 Å². The van der Waals surface area contributed by atoms with Gasteiger partial charge in [-0.15, -0.1) is 12.4 Å². The molecule has 1 saturated heterocycles. The normalized spacial score (nSPS) is 18.1. The molecule has 0 saturated carbocycles. The highest BCUT2D eigenvalue weighted by molar-refractivity contribution is 6.42. The van der Waals surface area contributed by atoms with Gasteiger partial charge in [0.25, 0.3) is 0 Å². The first-order valence-corrected chi connectivity index (χ1v) is 7.72. The van der Waals surface area contributed by atoms with Gasteiger partial charge in [-0.3, -0.25) is 4.90 Å². The molecule has 21 heavy (non-hydrogen) atoms. The zero-order chi connectivity index (χ0) is 14.8. The molecule has 0 aliphatic carbocycles. The minimum absolute atomic E-state index is 0. The monoisotopic (exact) mass is 352 g/mol. The van der Waals surface area contributed by atoms with Crippen LogP contribution in [0.4, 0.5) is 0 Å². The third-order valence-corrected chi connectivity index (χ3v) is 4.77. The number of nitrogens with zero attached hydrogens (tertiary/aromatic N) is 1. The summed E-state index contributed by atoms with van der Waals surface area (Å²) in [6.45, 7) is 8.03. The lowest BCUT2D eigenvalue weighted by atomic mass is 9.79. The van der Waals surface area contributed by atoms with E-state index in [0.717, 1.165) is 31.7 Å². The Hall–Kier alpha value is -0.0300. The number of aliphatic hydroxyl groups excluding tert-OH is 1. The van der Waals surface area contributed by atoms with Crippen LogP contribution in [0.5, 0.6) is 0 Å². The van der Waals surface area contributed by atoms with Crippen LogP contribution in [0, 0.1) is 5.41 Å². The van der Waals surface area contributed by atoms with E-state index in [4.69, 9.17) is 23.2 Å². The summed E-state index contributed by atoms with van der Waals surface area (Å²) in [5.74, 6) is 0. The van der Waals surface area contributed by atoms with Crippen molar-refractivity contribution in [1.82, 2.24) is 10.2 Å². The maximum Gasteiger partial charge on any atom is 0.0640 e. The molecule has 2 N–H and O–H groups in total. The molecule has 2 rings (SSSR count). The van der Waals surface area contributed by atoms with Crippen molar-refractivity contribution in [3.63, 3.8) is 0 Å². The smallest absolute Gasteiger partial charge is 0.0640 e. The molecule has 0 amide bonds. The van der Waals surface area contributed by atoms with Gasteiger partial charge in [0.15, 0.2) is 0 Å². The molecule has 0 unspecified atom stereocenters. The number of aliphatic hydroxyl groups is 1. The average Bonchev–Trinajstić information content (AvgIpc) is 2.45. The predicted molar refractivity (Wildman–Crippen MR) is 91.8 cm³/mol. The summed E-state index contributed by atoms with van der Waals surface area (Å²) in [7, 11) is 0. The minimum Gasteiger partial charge on any atom is -0.396 e. The molecule has 1 aliphatic heterocycles. The summed E-state index contributed by atoms with van der Waals surface area (Å²) in [4.78, 5) is 2.38. The Morgan fingerprint density at radius 3 is 2.48 bits per heavy atom. The van der Waals surface area contributed by atoms with E-state index in [-0.39, 0.29) is 30.5 Å². The van der Waals surface area contributed by atoms with E-state index in [2.05, 4.69) is 24.1 Å². The molecule has 3 nitrogen and oxygen atoms in total. The zero-order valence-electron chi connectivity index (χ0n) is 12.4. The second-order valence-electron chi connectivity index (χ2n) is 5.98. The number of benzene rings is 1. The first-order valence-electron chi connectivity index (χ1n) is 6.97. The number of piperazine rings is 1. The lowest BCUT2D eigenvalue weighted by molar-refractivity contribution is 0.0306. The van der Waals surface area contributed by atoms with E-state index < -0.39 is 0 Å². The summed E-state index contributed by atoms with van der Waals surface area (Å²) in [5, 5.41) is 14.3. The van der Waals surface area contributed by atoms with Gasteiger partial charge in [0, 0.05) is 44.2 Å². The summed E-state index contributed by atoms with van der Waals surface area (Å²) in [5.41, 5.74) is 0.714. The number of hydrogen-bond acceptors (Lipinski definition) is 3. The number of hydrogen-bond donors (Lipinski definition) is 2. The van der Waals surface area contributed by atoms with Gasteiger partial charge in [0.1, 0.15) is 0 Å². The Morgan fingerprint density at radius 1 is 1.29 bits per heavy atom. The first-order chi connectivity index (χ1) is 9.47. The topological polar surface area (TPSA) is 35.5 Å². The minimum atomic E-state index is -0.286. The van der Waals surface area contributed by atoms with E-state index in [1.807, 2.05) is 12.1 Å². The van der Waals surface area contributed by atoms with Crippen LogP contribution in [-0.4, -0.2) is 42.8 Å². The molecule has 1 aliphatic rings. The van der Waals surface area contributed by atoms with E-state index in [1.165, 1.54) is 0 Å². The molecule has 1 heterocycles. The molecule has 1 fully saturated rings. The van der Waals surface area contributed by atoms with Crippen LogP contribution in [-0.2, 0) is 0 Å². The van der Waals surface area contributed by atoms with Crippen LogP contribution in [0.3, 0.4) is 0 Å². The maximum atomic E-state index is 9.80. The first kappa shape index (κ1) is 19.0. The standard InChI is InChI=1S/C15H22Cl2N2O.ClH/c1-15(2,10-20)14(19-8-6-18-7-9-19)11-4-3-5-12(16)13(11)17;/h3-5,14,18,20H,6-10H2,1-2H3;1H/t14-;/m1./s1. The molecule has 120 valence electrons. The van der Waals surface area contributed by atoms with Gasteiger partial charge in [-0.1, -0.05) is 49.2 Å². The van der Waals surface area contributed by atoms with Crippen molar-refractivity contribution in [2.45, 2.75) is 19.9 Å². The molecule has 6 heteroatoms. The highest BCUT2D eigenvalue weighted by atomic mass is 35.5. The van der Waals surface area contributed by atoms with Gasteiger partial charge in [0.05, 0.1) is 10.0 Å². The van der Waals surface area contributed by atoms with Crippen LogP contribution < -0.4 is 5.32 Å². The van der Waals surface area contributed by atoms with E-state index in [9.17, 15) is 5.11 Å². The fraction of sp³-hybridized carbons (Fsp3) is 0.600. The Kier molecular flexibility index (Phi) is 7.25. The molecule has 1 aromatic carbocycles. The van der Waals surface area contributed by atoms with Crippen LogP contribution >= 0.6 is 35.6 Å². The molecular formula is C15H23Cl3N2O. The fourth-order valence-corrected chi connectivity index (χ4v) is 3.28. The molecule has 0 spiro atoms. The van der Waals surface area contributed by atoms with Gasteiger partial charge in [-0.25, -0.2) is 0 Å². The molecule has 0 bridgehead atoms. The average molecular weight is 354 g/mol. The van der Waals surface area contributed by atoms with Crippen molar-refractivity contribution in [3.8, 4) is 0 Å². The third kappa shape index (κ3) is 4.25. The zero-order valence-corrected chi connectivity index (χ0v) is 14.7. The molecule has 0 radical (unpaired) electrons. The van der Waals surface area contributed by atoms with Crippen LogP contribution in [0.1, 0.15) is 25.5 Å². The van der Waals surface area contributed by atoms with Gasteiger partial charge < -0.3 is 10.4 Å². The second-order valence-corrected chi connectivity index (χ2v) is 6.76. The quantitative estimate of drug-likeness (QED) is 0.871. The van der Waals surface area contributed by atoms with Crippen molar-refractivity contribution >= 4 is 35.6 Å².